The smallest absolute Gasteiger partial charge is 0.285 e. The van der Waals surface area contributed by atoms with Gasteiger partial charge in [0.2, 0.25) is 5.95 Å². The van der Waals surface area contributed by atoms with Gasteiger partial charge in [0.15, 0.2) is 5.65 Å². The summed E-state index contributed by atoms with van der Waals surface area (Å²) in [5.74, 6) is 0.262. The van der Waals surface area contributed by atoms with Gasteiger partial charge in [-0.05, 0) is 55.3 Å². The van der Waals surface area contributed by atoms with Gasteiger partial charge in [-0.15, -0.1) is 4.73 Å². The van der Waals surface area contributed by atoms with Crippen LogP contribution >= 0.6 is 23.2 Å². The summed E-state index contributed by atoms with van der Waals surface area (Å²) in [5, 5.41) is 14.2. The Morgan fingerprint density at radius 2 is 1.83 bits per heavy atom. The summed E-state index contributed by atoms with van der Waals surface area (Å²) in [7, 11) is 1.40. The second-order valence-corrected chi connectivity index (χ2v) is 9.46. The van der Waals surface area contributed by atoms with Gasteiger partial charge in [-0.1, -0.05) is 41.4 Å². The van der Waals surface area contributed by atoms with Crippen molar-refractivity contribution >= 4 is 45.9 Å². The predicted octanol–water partition coefficient (Wildman–Crippen LogP) is 4.52. The lowest BCUT2D eigenvalue weighted by Gasteiger charge is -2.22. The fourth-order valence-corrected chi connectivity index (χ4v) is 5.18. The van der Waals surface area contributed by atoms with E-state index in [4.69, 9.17) is 33.0 Å². The Hall–Kier alpha value is -3.17. The maximum absolute atomic E-state index is 12.4. The zero-order valence-corrected chi connectivity index (χ0v) is 21.1. The van der Waals surface area contributed by atoms with Crippen LogP contribution in [0.1, 0.15) is 18.4 Å². The van der Waals surface area contributed by atoms with E-state index in [2.05, 4.69) is 15.2 Å². The van der Waals surface area contributed by atoms with E-state index in [9.17, 15) is 9.90 Å². The first-order valence-electron chi connectivity index (χ1n) is 11.6. The summed E-state index contributed by atoms with van der Waals surface area (Å²) in [4.78, 5) is 29.3. The lowest BCUT2D eigenvalue weighted by atomic mass is 10.1. The number of rotatable bonds is 7. The number of hydrogen-bond acceptors (Lipinski definition) is 7. The quantitative estimate of drug-likeness (QED) is 0.366. The van der Waals surface area contributed by atoms with Crippen molar-refractivity contribution in [3.05, 3.63) is 80.6 Å². The number of nitrogens with one attached hydrogen (secondary N) is 1. The minimum Gasteiger partial charge on any atom is -0.412 e. The maximum atomic E-state index is 12.4. The van der Waals surface area contributed by atoms with Gasteiger partial charge in [-0.25, -0.2) is 4.98 Å². The number of fused-ring (bicyclic) bond motifs is 1. The zero-order chi connectivity index (χ0) is 25.2. The normalized spacial score (nSPS) is 15.9. The summed E-state index contributed by atoms with van der Waals surface area (Å²) in [6, 6.07) is 16.4. The third-order valence-corrected chi connectivity index (χ3v) is 7.03. The predicted molar refractivity (Wildman–Crippen MR) is 142 cm³/mol. The number of hydrogen-bond donors (Lipinski definition) is 2. The Balaban J connectivity index is 1.52. The molecule has 0 unspecified atom stereocenters. The Bertz CT molecular complexity index is 1440. The molecule has 1 aliphatic rings. The number of likely N-dealkylation sites (tertiary alicyclic amines) is 1. The van der Waals surface area contributed by atoms with Crippen molar-refractivity contribution in [3.63, 3.8) is 0 Å². The van der Waals surface area contributed by atoms with Crippen molar-refractivity contribution in [1.29, 1.82) is 0 Å². The number of pyridine rings is 1. The van der Waals surface area contributed by atoms with Gasteiger partial charge in [0, 0.05) is 35.3 Å². The second kappa shape index (κ2) is 10.4. The van der Waals surface area contributed by atoms with Crippen LogP contribution in [-0.4, -0.2) is 51.0 Å². The van der Waals surface area contributed by atoms with E-state index >= 15 is 0 Å². The van der Waals surface area contributed by atoms with Crippen molar-refractivity contribution in [3.8, 4) is 11.3 Å². The highest BCUT2D eigenvalue weighted by Gasteiger charge is 2.23. The molecule has 1 aliphatic heterocycles. The van der Waals surface area contributed by atoms with Gasteiger partial charge >= 0.3 is 0 Å². The molecular weight excluding hydrogens is 501 g/mol. The highest BCUT2D eigenvalue weighted by molar-refractivity contribution is 6.39. The topological polar surface area (TPSA) is 92.5 Å². The van der Waals surface area contributed by atoms with Gasteiger partial charge in [0.1, 0.15) is 7.11 Å². The molecule has 8 nitrogen and oxygen atoms in total. The number of halogens is 2. The van der Waals surface area contributed by atoms with E-state index in [1.807, 2.05) is 24.3 Å². The van der Waals surface area contributed by atoms with E-state index in [0.29, 0.717) is 26.7 Å². The fourth-order valence-electron chi connectivity index (χ4n) is 4.61. The third kappa shape index (κ3) is 4.77. The summed E-state index contributed by atoms with van der Waals surface area (Å²) < 4.78 is 1.10. The molecule has 4 aromatic rings. The molecule has 2 N–H and O–H groups in total. The number of aliphatic hydroxyl groups excluding tert-OH is 1. The van der Waals surface area contributed by atoms with Gasteiger partial charge in [-0.3, -0.25) is 9.69 Å². The number of nitrogens with zero attached hydrogens (tertiary/aromatic N) is 4. The molecule has 0 aliphatic carbocycles. The Labute approximate surface area is 218 Å². The number of anilines is 2. The largest absolute Gasteiger partial charge is 0.412 e. The summed E-state index contributed by atoms with van der Waals surface area (Å²) in [5.41, 5.74) is 2.86. The molecule has 36 heavy (non-hydrogen) atoms. The molecule has 10 heteroatoms. The van der Waals surface area contributed by atoms with Gasteiger partial charge in [-0.2, -0.15) is 4.98 Å². The zero-order valence-electron chi connectivity index (χ0n) is 19.6. The van der Waals surface area contributed by atoms with E-state index < -0.39 is 0 Å². The van der Waals surface area contributed by atoms with E-state index in [1.165, 1.54) is 13.2 Å². The van der Waals surface area contributed by atoms with Crippen molar-refractivity contribution in [1.82, 2.24) is 19.6 Å². The van der Waals surface area contributed by atoms with E-state index in [-0.39, 0.29) is 29.8 Å². The number of aliphatic hydroxyl groups is 1. The maximum Gasteiger partial charge on any atom is 0.285 e. The van der Waals surface area contributed by atoms with Crippen LogP contribution in [-0.2, 0) is 6.54 Å². The standard InChI is InChI=1S/C26H25Cl2N5O3/c1-36-33-22(35)12-11-19-24(23-20(27)5-2-6-21(23)28)30-26(31-25(19)33)29-17-9-7-16(8-10-17)14-32-13-3-4-18(32)15-34/h2,5-12,18,34H,3-4,13-15H2,1H3,(H,29,30,31)/t18-/m0/s1. The van der Waals surface area contributed by atoms with Gasteiger partial charge < -0.3 is 15.3 Å². The molecule has 0 amide bonds. The van der Waals surface area contributed by atoms with E-state index in [1.54, 1.807) is 24.3 Å². The van der Waals surface area contributed by atoms with Crippen LogP contribution < -0.4 is 15.7 Å². The molecule has 1 saturated heterocycles. The summed E-state index contributed by atoms with van der Waals surface area (Å²) in [6.45, 7) is 1.96. The summed E-state index contributed by atoms with van der Waals surface area (Å²) >= 11 is 13.0. The van der Waals surface area contributed by atoms with Crippen molar-refractivity contribution in [2.45, 2.75) is 25.4 Å². The van der Waals surface area contributed by atoms with Gasteiger partial charge in [0.25, 0.3) is 5.56 Å². The number of aromatic nitrogens is 3. The molecule has 1 atom stereocenters. The van der Waals surface area contributed by atoms with Crippen LogP contribution in [0.5, 0.6) is 0 Å². The van der Waals surface area contributed by atoms with Crippen LogP contribution in [0.3, 0.4) is 0 Å². The van der Waals surface area contributed by atoms with Crippen LogP contribution in [0.15, 0.2) is 59.4 Å². The lowest BCUT2D eigenvalue weighted by Crippen LogP contribution is -2.31. The second-order valence-electron chi connectivity index (χ2n) is 8.65. The van der Waals surface area contributed by atoms with Crippen molar-refractivity contribution in [2.75, 3.05) is 25.6 Å². The number of benzene rings is 2. The molecule has 0 bridgehead atoms. The molecule has 2 aromatic heterocycles. The Kier molecular flexibility index (Phi) is 7.11. The van der Waals surface area contributed by atoms with Crippen LogP contribution in [0, 0.1) is 0 Å². The minimum absolute atomic E-state index is 0.184. The SMILES string of the molecule is COn1c(=O)ccc2c(-c3c(Cl)cccc3Cl)nc(Nc3ccc(CN4CCC[C@H]4CO)cc3)nc21. The molecule has 1 fully saturated rings. The molecule has 0 spiro atoms. The van der Waals surface area contributed by atoms with E-state index in [0.717, 1.165) is 41.9 Å². The first-order chi connectivity index (χ1) is 17.5. The molecule has 0 radical (unpaired) electrons. The average molecular weight is 526 g/mol. The third-order valence-electron chi connectivity index (χ3n) is 6.40. The van der Waals surface area contributed by atoms with Crippen LogP contribution in [0.4, 0.5) is 11.6 Å². The monoisotopic (exact) mass is 525 g/mol. The lowest BCUT2D eigenvalue weighted by molar-refractivity contribution is 0.153. The Morgan fingerprint density at radius 3 is 2.53 bits per heavy atom. The molecule has 186 valence electrons. The highest BCUT2D eigenvalue weighted by Crippen LogP contribution is 2.37. The highest BCUT2D eigenvalue weighted by atomic mass is 35.5. The van der Waals surface area contributed by atoms with Crippen molar-refractivity contribution in [2.24, 2.45) is 0 Å². The molecule has 5 rings (SSSR count). The van der Waals surface area contributed by atoms with Crippen LogP contribution in [0.25, 0.3) is 22.3 Å². The van der Waals surface area contributed by atoms with Gasteiger partial charge in [0.05, 0.1) is 22.3 Å². The molecule has 0 saturated carbocycles. The first kappa shape index (κ1) is 24.5. The Morgan fingerprint density at radius 1 is 1.08 bits per heavy atom. The molecule has 3 heterocycles. The average Bonchev–Trinajstić information content (AvgIpc) is 3.32. The van der Waals surface area contributed by atoms with Crippen LogP contribution in [0.2, 0.25) is 10.0 Å². The molecule has 2 aromatic carbocycles. The first-order valence-corrected chi connectivity index (χ1v) is 12.4. The fraction of sp³-hybridized carbons (Fsp3) is 0.269. The van der Waals surface area contributed by atoms with Crippen molar-refractivity contribution < 1.29 is 9.94 Å². The minimum atomic E-state index is -0.363. The molecular formula is C26H25Cl2N5O3. The summed E-state index contributed by atoms with van der Waals surface area (Å²) in [6.07, 6.45) is 2.13.